The number of ether oxygens (including phenoxy) is 1. The molecule has 0 unspecified atom stereocenters. The van der Waals surface area contributed by atoms with E-state index in [1.165, 1.54) is 12.1 Å². The van der Waals surface area contributed by atoms with Gasteiger partial charge in [-0.3, -0.25) is 9.59 Å². The third-order valence-electron chi connectivity index (χ3n) is 6.91. The quantitative estimate of drug-likeness (QED) is 0.306. The first-order valence-electron chi connectivity index (χ1n) is 13.7. The number of amides is 2. The molecular weight excluding hydrogens is 573 g/mol. The summed E-state index contributed by atoms with van der Waals surface area (Å²) in [5.41, 5.74) is 1.76. The van der Waals surface area contributed by atoms with Crippen LogP contribution in [0.15, 0.2) is 84.9 Å². The van der Waals surface area contributed by atoms with Gasteiger partial charge in [0.15, 0.2) is 11.5 Å². The summed E-state index contributed by atoms with van der Waals surface area (Å²) in [7, 11) is -3.92. The van der Waals surface area contributed by atoms with Gasteiger partial charge in [0.1, 0.15) is 11.6 Å². The van der Waals surface area contributed by atoms with Gasteiger partial charge in [-0.1, -0.05) is 48.5 Å². The van der Waals surface area contributed by atoms with Crippen LogP contribution >= 0.6 is 0 Å². The van der Waals surface area contributed by atoms with Crippen molar-refractivity contribution in [3.05, 3.63) is 108 Å². The average molecular weight is 604 g/mol. The number of nitrogens with zero attached hydrogens (tertiary/aromatic N) is 4. The number of rotatable bonds is 9. The van der Waals surface area contributed by atoms with Crippen LogP contribution in [0.5, 0.6) is 5.75 Å². The number of piperazine rings is 1. The van der Waals surface area contributed by atoms with Gasteiger partial charge in [-0.15, -0.1) is 10.2 Å². The molecule has 10 nitrogen and oxygen atoms in total. The fourth-order valence-corrected chi connectivity index (χ4v) is 5.83. The molecule has 0 bridgehead atoms. The molecule has 0 radical (unpaired) electrons. The largest absolute Gasteiger partial charge is 0.494 e. The van der Waals surface area contributed by atoms with Crippen LogP contribution in [-0.4, -0.2) is 68.1 Å². The first kappa shape index (κ1) is 29.6. The predicted octanol–water partition coefficient (Wildman–Crippen LogP) is 3.90. The number of carbonyl (C=O) groups is 2. The highest BCUT2D eigenvalue weighted by Gasteiger charge is 2.25. The van der Waals surface area contributed by atoms with Crippen LogP contribution in [0, 0.1) is 5.82 Å². The van der Waals surface area contributed by atoms with E-state index in [1.807, 2.05) is 16.5 Å². The molecule has 0 atom stereocenters. The molecule has 4 aromatic rings. The molecule has 12 heteroatoms. The van der Waals surface area contributed by atoms with Crippen LogP contribution in [0.1, 0.15) is 33.3 Å². The van der Waals surface area contributed by atoms with Crippen LogP contribution in [0.4, 0.5) is 10.2 Å². The summed E-state index contributed by atoms with van der Waals surface area (Å²) in [6.07, 6.45) is 0. The highest BCUT2D eigenvalue weighted by molar-refractivity contribution is 7.89. The Balaban J connectivity index is 1.15. The molecule has 1 aromatic heterocycles. The van der Waals surface area contributed by atoms with Gasteiger partial charge >= 0.3 is 0 Å². The topological polar surface area (TPSA) is 122 Å². The number of halogens is 1. The van der Waals surface area contributed by atoms with Crippen molar-refractivity contribution in [1.29, 1.82) is 0 Å². The SMILES string of the molecule is CCOc1ccc(-c2ccc(C(=O)N3CCN(c4ccc(C(=O)NS(=O)(=O)Cc5ccccc5)nn4)CC3)cc2F)cc1. The maximum absolute atomic E-state index is 15.0. The summed E-state index contributed by atoms with van der Waals surface area (Å²) >= 11 is 0. The molecule has 43 heavy (non-hydrogen) atoms. The number of hydrogen-bond donors (Lipinski definition) is 1. The van der Waals surface area contributed by atoms with E-state index in [1.54, 1.807) is 77.7 Å². The Labute approximate surface area is 249 Å². The highest BCUT2D eigenvalue weighted by Crippen LogP contribution is 2.26. The number of carbonyl (C=O) groups excluding carboxylic acids is 2. The fourth-order valence-electron chi connectivity index (χ4n) is 4.74. The van der Waals surface area contributed by atoms with Crippen LogP contribution < -0.4 is 14.4 Å². The van der Waals surface area contributed by atoms with Crippen molar-refractivity contribution < 1.29 is 27.1 Å². The summed E-state index contributed by atoms with van der Waals surface area (Å²) in [5, 5.41) is 8.00. The average Bonchev–Trinajstić information content (AvgIpc) is 3.01. The Morgan fingerprint density at radius 3 is 2.26 bits per heavy atom. The third-order valence-corrected chi connectivity index (χ3v) is 8.12. The summed E-state index contributed by atoms with van der Waals surface area (Å²) in [4.78, 5) is 29.1. The standard InChI is InChI=1S/C31H30FN5O5S/c1-2-42-25-11-8-23(9-12-25)26-13-10-24(20-27(26)32)31(39)37-18-16-36(17-19-37)29-15-14-28(33-34-29)30(38)35-43(40,41)21-22-6-4-3-5-7-22/h3-15,20H,2,16-19,21H2,1H3,(H,35,38). The Morgan fingerprint density at radius 2 is 1.63 bits per heavy atom. The van der Waals surface area contributed by atoms with Gasteiger partial charge in [0, 0.05) is 37.3 Å². The lowest BCUT2D eigenvalue weighted by atomic mass is 10.0. The Kier molecular flexibility index (Phi) is 8.96. The lowest BCUT2D eigenvalue weighted by Gasteiger charge is -2.35. The summed E-state index contributed by atoms with van der Waals surface area (Å²) < 4.78 is 47.2. The highest BCUT2D eigenvalue weighted by atomic mass is 32.2. The lowest BCUT2D eigenvalue weighted by Crippen LogP contribution is -2.49. The van der Waals surface area contributed by atoms with Crippen molar-refractivity contribution in [3.63, 3.8) is 0 Å². The van der Waals surface area contributed by atoms with Crippen LogP contribution in [-0.2, 0) is 15.8 Å². The minimum Gasteiger partial charge on any atom is -0.494 e. The van der Waals surface area contributed by atoms with Crippen molar-refractivity contribution in [2.45, 2.75) is 12.7 Å². The molecule has 2 heterocycles. The minimum atomic E-state index is -3.92. The predicted molar refractivity (Wildman–Crippen MR) is 160 cm³/mol. The van der Waals surface area contributed by atoms with Crippen LogP contribution in [0.2, 0.25) is 0 Å². The molecular formula is C31H30FN5O5S. The molecule has 0 spiro atoms. The smallest absolute Gasteiger partial charge is 0.285 e. The van der Waals surface area contributed by atoms with Gasteiger partial charge in [-0.2, -0.15) is 0 Å². The van der Waals surface area contributed by atoms with Crippen molar-refractivity contribution in [3.8, 4) is 16.9 Å². The van der Waals surface area contributed by atoms with E-state index >= 15 is 0 Å². The Bertz CT molecular complexity index is 1690. The molecule has 1 fully saturated rings. The Hall–Kier alpha value is -4.84. The lowest BCUT2D eigenvalue weighted by molar-refractivity contribution is 0.0745. The van der Waals surface area contributed by atoms with E-state index in [0.29, 0.717) is 61.0 Å². The number of hydrogen-bond acceptors (Lipinski definition) is 8. The van der Waals surface area contributed by atoms with Gasteiger partial charge in [0.05, 0.1) is 12.4 Å². The van der Waals surface area contributed by atoms with Crippen molar-refractivity contribution >= 4 is 27.7 Å². The van der Waals surface area contributed by atoms with Gasteiger partial charge in [0.2, 0.25) is 10.0 Å². The van der Waals surface area contributed by atoms with Gasteiger partial charge in [-0.05, 0) is 54.4 Å². The monoisotopic (exact) mass is 603 g/mol. The zero-order valence-corrected chi connectivity index (χ0v) is 24.3. The minimum absolute atomic E-state index is 0.134. The number of anilines is 1. The van der Waals surface area contributed by atoms with Gasteiger partial charge in [0.25, 0.3) is 11.8 Å². The summed E-state index contributed by atoms with van der Waals surface area (Å²) in [6, 6.07) is 23.1. The van der Waals surface area contributed by atoms with E-state index in [2.05, 4.69) is 10.2 Å². The molecule has 2 amide bonds. The molecule has 1 N–H and O–H groups in total. The van der Waals surface area contributed by atoms with Crippen molar-refractivity contribution in [1.82, 2.24) is 19.8 Å². The first-order chi connectivity index (χ1) is 20.7. The number of nitrogens with one attached hydrogen (secondary N) is 1. The van der Waals surface area contributed by atoms with Crippen molar-refractivity contribution in [2.75, 3.05) is 37.7 Å². The van der Waals surface area contributed by atoms with Gasteiger partial charge in [-0.25, -0.2) is 17.5 Å². The number of benzene rings is 3. The molecule has 1 aliphatic rings. The first-order valence-corrected chi connectivity index (χ1v) is 15.4. The van der Waals surface area contributed by atoms with E-state index < -0.39 is 21.7 Å². The van der Waals surface area contributed by atoms with E-state index in [0.717, 1.165) is 0 Å². The molecule has 0 saturated carbocycles. The summed E-state index contributed by atoms with van der Waals surface area (Å²) in [5.74, 6) is -0.775. The second kappa shape index (κ2) is 13.0. The number of aromatic nitrogens is 2. The fraction of sp³-hybridized carbons (Fsp3) is 0.226. The second-order valence-electron chi connectivity index (χ2n) is 9.88. The zero-order chi connectivity index (χ0) is 30.4. The van der Waals surface area contributed by atoms with Crippen LogP contribution in [0.25, 0.3) is 11.1 Å². The van der Waals surface area contributed by atoms with Crippen LogP contribution in [0.3, 0.4) is 0 Å². The molecule has 5 rings (SSSR count). The van der Waals surface area contributed by atoms with Crippen molar-refractivity contribution in [2.24, 2.45) is 0 Å². The molecule has 222 valence electrons. The second-order valence-corrected chi connectivity index (χ2v) is 11.6. The third kappa shape index (κ3) is 7.33. The van der Waals surface area contributed by atoms with E-state index in [-0.39, 0.29) is 22.9 Å². The van der Waals surface area contributed by atoms with E-state index in [4.69, 9.17) is 4.74 Å². The number of sulfonamides is 1. The molecule has 1 saturated heterocycles. The maximum Gasteiger partial charge on any atom is 0.285 e. The molecule has 3 aromatic carbocycles. The molecule has 0 aliphatic carbocycles. The Morgan fingerprint density at radius 1 is 0.907 bits per heavy atom. The normalized spacial score (nSPS) is 13.4. The van der Waals surface area contributed by atoms with E-state index in [9.17, 15) is 22.4 Å². The van der Waals surface area contributed by atoms with Gasteiger partial charge < -0.3 is 14.5 Å². The zero-order valence-electron chi connectivity index (χ0n) is 23.4. The molecule has 1 aliphatic heterocycles. The maximum atomic E-state index is 15.0. The summed E-state index contributed by atoms with van der Waals surface area (Å²) in [6.45, 7) is 4.09.